The Hall–Kier alpha value is -0.760. The van der Waals surface area contributed by atoms with Crippen LogP contribution in [-0.2, 0) is 4.79 Å². The molecular formula is C12H12ClN3OS3. The van der Waals surface area contributed by atoms with Gasteiger partial charge in [0.2, 0.25) is 5.91 Å². The smallest absolute Gasteiger partial charge is 0.227 e. The largest absolute Gasteiger partial charge is 0.369 e. The van der Waals surface area contributed by atoms with Gasteiger partial charge in [-0.2, -0.15) is 0 Å². The van der Waals surface area contributed by atoms with Crippen molar-refractivity contribution in [3.8, 4) is 0 Å². The molecule has 0 aliphatic heterocycles. The van der Waals surface area contributed by atoms with Crippen LogP contribution in [0.3, 0.4) is 0 Å². The highest BCUT2D eigenvalue weighted by molar-refractivity contribution is 8.03. The van der Waals surface area contributed by atoms with Gasteiger partial charge in [0, 0.05) is 10.3 Å². The van der Waals surface area contributed by atoms with Gasteiger partial charge in [0.05, 0.1) is 5.75 Å². The van der Waals surface area contributed by atoms with Gasteiger partial charge in [-0.05, 0) is 18.6 Å². The fraction of sp³-hybridized carbons (Fsp3) is 0.250. The number of hydrogen-bond donors (Lipinski definition) is 1. The van der Waals surface area contributed by atoms with Gasteiger partial charge >= 0.3 is 0 Å². The second kappa shape index (κ2) is 7.31. The van der Waals surface area contributed by atoms with Crippen molar-refractivity contribution in [3.63, 3.8) is 0 Å². The first-order valence-corrected chi connectivity index (χ1v) is 8.78. The first-order valence-electron chi connectivity index (χ1n) is 5.72. The number of primary amides is 1. The van der Waals surface area contributed by atoms with E-state index < -0.39 is 0 Å². The van der Waals surface area contributed by atoms with E-state index in [0.717, 1.165) is 19.3 Å². The molecule has 2 rings (SSSR count). The second-order valence-electron chi connectivity index (χ2n) is 3.87. The number of nitrogens with two attached hydrogens (primary N) is 1. The zero-order valence-electron chi connectivity index (χ0n) is 10.6. The number of benzene rings is 1. The summed E-state index contributed by atoms with van der Waals surface area (Å²) in [5.41, 5.74) is 6.17. The Morgan fingerprint density at radius 1 is 1.40 bits per heavy atom. The molecule has 20 heavy (non-hydrogen) atoms. The van der Waals surface area contributed by atoms with E-state index in [2.05, 4.69) is 17.1 Å². The lowest BCUT2D eigenvalue weighted by Crippen LogP contribution is -2.12. The third-order valence-corrected chi connectivity index (χ3v) is 5.99. The van der Waals surface area contributed by atoms with E-state index >= 15 is 0 Å². The van der Waals surface area contributed by atoms with Crippen LogP contribution >= 0.6 is 46.5 Å². The van der Waals surface area contributed by atoms with E-state index in [1.165, 1.54) is 23.1 Å². The molecular weight excluding hydrogens is 334 g/mol. The maximum atomic E-state index is 10.7. The third kappa shape index (κ3) is 4.37. The fourth-order valence-corrected chi connectivity index (χ4v) is 4.89. The number of rotatable bonds is 6. The summed E-state index contributed by atoms with van der Waals surface area (Å²) in [6.07, 6.45) is 0. The third-order valence-electron chi connectivity index (χ3n) is 2.35. The minimum atomic E-state index is -0.358. The fourth-order valence-electron chi connectivity index (χ4n) is 1.46. The molecule has 0 saturated carbocycles. The van der Waals surface area contributed by atoms with Crippen molar-refractivity contribution in [2.75, 3.05) is 5.75 Å². The van der Waals surface area contributed by atoms with Crippen LogP contribution in [0.4, 0.5) is 0 Å². The molecule has 0 aliphatic carbocycles. The standard InChI is InChI=1S/C12H12ClN3OS3/c1-7(8-4-2-3-5-9(8)13)19-12-16-15-11(20-12)18-6-10(14)17/h2-5,7H,6H2,1H3,(H2,14,17). The lowest BCUT2D eigenvalue weighted by atomic mass is 10.2. The zero-order valence-corrected chi connectivity index (χ0v) is 13.8. The highest BCUT2D eigenvalue weighted by Crippen LogP contribution is 2.40. The van der Waals surface area contributed by atoms with E-state index in [-0.39, 0.29) is 16.9 Å². The SMILES string of the molecule is CC(Sc1nnc(SCC(N)=O)s1)c1ccccc1Cl. The van der Waals surface area contributed by atoms with E-state index in [4.69, 9.17) is 17.3 Å². The molecule has 0 spiro atoms. The Balaban J connectivity index is 2.00. The van der Waals surface area contributed by atoms with Crippen LogP contribution in [0, 0.1) is 0 Å². The van der Waals surface area contributed by atoms with Gasteiger partial charge in [-0.3, -0.25) is 4.79 Å². The summed E-state index contributed by atoms with van der Waals surface area (Å²) in [7, 11) is 0. The van der Waals surface area contributed by atoms with Crippen LogP contribution in [0.15, 0.2) is 32.9 Å². The number of amides is 1. The average Bonchev–Trinajstić information content (AvgIpc) is 2.84. The molecule has 1 aromatic heterocycles. The molecule has 0 radical (unpaired) electrons. The lowest BCUT2D eigenvalue weighted by Gasteiger charge is -2.10. The van der Waals surface area contributed by atoms with Crippen molar-refractivity contribution in [3.05, 3.63) is 34.9 Å². The summed E-state index contributed by atoms with van der Waals surface area (Å²) in [5, 5.41) is 9.07. The van der Waals surface area contributed by atoms with Gasteiger partial charge in [-0.15, -0.1) is 10.2 Å². The molecule has 106 valence electrons. The molecule has 1 amide bonds. The summed E-state index contributed by atoms with van der Waals surface area (Å²) in [5.74, 6) is -0.136. The lowest BCUT2D eigenvalue weighted by molar-refractivity contribution is -0.115. The van der Waals surface area contributed by atoms with Crippen LogP contribution in [-0.4, -0.2) is 21.9 Å². The number of halogens is 1. The molecule has 1 atom stereocenters. The molecule has 1 unspecified atom stereocenters. The van der Waals surface area contributed by atoms with Crippen molar-refractivity contribution in [2.24, 2.45) is 5.73 Å². The molecule has 1 heterocycles. The van der Waals surface area contributed by atoms with E-state index in [1.807, 2.05) is 24.3 Å². The molecule has 1 aromatic carbocycles. The average molecular weight is 346 g/mol. The summed E-state index contributed by atoms with van der Waals surface area (Å²) in [4.78, 5) is 10.7. The molecule has 8 heteroatoms. The predicted octanol–water partition coefficient (Wildman–Crippen LogP) is 3.62. The Morgan fingerprint density at radius 3 is 2.80 bits per heavy atom. The second-order valence-corrected chi connectivity index (χ2v) is 8.07. The van der Waals surface area contributed by atoms with Gasteiger partial charge in [-0.1, -0.05) is 64.7 Å². The maximum absolute atomic E-state index is 10.7. The zero-order chi connectivity index (χ0) is 14.5. The van der Waals surface area contributed by atoms with Crippen molar-refractivity contribution in [1.82, 2.24) is 10.2 Å². The summed E-state index contributed by atoms with van der Waals surface area (Å²) < 4.78 is 1.60. The number of aromatic nitrogens is 2. The number of thioether (sulfide) groups is 2. The van der Waals surface area contributed by atoms with E-state index in [9.17, 15) is 4.79 Å². The van der Waals surface area contributed by atoms with E-state index in [1.54, 1.807) is 11.8 Å². The highest BCUT2D eigenvalue weighted by atomic mass is 35.5. The minimum Gasteiger partial charge on any atom is -0.369 e. The summed E-state index contributed by atoms with van der Waals surface area (Å²) in [6.45, 7) is 2.07. The van der Waals surface area contributed by atoms with Crippen molar-refractivity contribution < 1.29 is 4.79 Å². The topological polar surface area (TPSA) is 68.9 Å². The molecule has 2 aromatic rings. The van der Waals surface area contributed by atoms with Gasteiger partial charge < -0.3 is 5.73 Å². The van der Waals surface area contributed by atoms with Gasteiger partial charge in [0.25, 0.3) is 0 Å². The number of carbonyl (C=O) groups is 1. The van der Waals surface area contributed by atoms with Crippen molar-refractivity contribution >= 4 is 52.4 Å². The maximum Gasteiger partial charge on any atom is 0.227 e. The first-order chi connectivity index (χ1) is 9.56. The van der Waals surface area contributed by atoms with Crippen LogP contribution in [0.25, 0.3) is 0 Å². The molecule has 0 aliphatic rings. The summed E-state index contributed by atoms with van der Waals surface area (Å²) >= 11 is 10.5. The van der Waals surface area contributed by atoms with Crippen LogP contribution < -0.4 is 5.73 Å². The van der Waals surface area contributed by atoms with Gasteiger partial charge in [-0.25, -0.2) is 0 Å². The predicted molar refractivity (Wildman–Crippen MR) is 85.6 cm³/mol. The first kappa shape index (κ1) is 15.6. The Morgan fingerprint density at radius 2 is 2.10 bits per heavy atom. The van der Waals surface area contributed by atoms with Crippen LogP contribution in [0.2, 0.25) is 5.02 Å². The number of nitrogens with zero attached hydrogens (tertiary/aromatic N) is 2. The Kier molecular flexibility index (Phi) is 5.71. The monoisotopic (exact) mass is 345 g/mol. The Labute approximate surface area is 134 Å². The van der Waals surface area contributed by atoms with Crippen molar-refractivity contribution in [1.29, 1.82) is 0 Å². The highest BCUT2D eigenvalue weighted by Gasteiger charge is 2.14. The van der Waals surface area contributed by atoms with Crippen LogP contribution in [0.1, 0.15) is 17.7 Å². The molecule has 2 N–H and O–H groups in total. The van der Waals surface area contributed by atoms with Crippen LogP contribution in [0.5, 0.6) is 0 Å². The summed E-state index contributed by atoms with van der Waals surface area (Å²) in [6, 6.07) is 7.76. The number of carbonyl (C=O) groups excluding carboxylic acids is 1. The quantitative estimate of drug-likeness (QED) is 0.810. The number of hydrogen-bond acceptors (Lipinski definition) is 6. The van der Waals surface area contributed by atoms with Crippen molar-refractivity contribution in [2.45, 2.75) is 20.9 Å². The Bertz CT molecular complexity index is 605. The molecule has 0 bridgehead atoms. The molecule has 4 nitrogen and oxygen atoms in total. The van der Waals surface area contributed by atoms with E-state index in [0.29, 0.717) is 0 Å². The molecule has 0 fully saturated rings. The minimum absolute atomic E-state index is 0.186. The normalized spacial score (nSPS) is 12.3. The molecule has 0 saturated heterocycles. The van der Waals surface area contributed by atoms with Gasteiger partial charge in [0.15, 0.2) is 8.68 Å². The van der Waals surface area contributed by atoms with Gasteiger partial charge in [0.1, 0.15) is 0 Å².